The number of anilines is 1. The second-order valence-corrected chi connectivity index (χ2v) is 4.67. The van der Waals surface area contributed by atoms with Crippen LogP contribution in [0.25, 0.3) is 0 Å². The number of hydrogen-bond donors (Lipinski definition) is 2. The molecular weight excluding hydrogens is 228 g/mol. The van der Waals surface area contributed by atoms with Crippen molar-refractivity contribution in [2.75, 3.05) is 19.0 Å². The first kappa shape index (κ1) is 12.7. The minimum atomic E-state index is -0.125. The van der Waals surface area contributed by atoms with Crippen molar-refractivity contribution in [3.05, 3.63) is 23.8 Å². The van der Waals surface area contributed by atoms with E-state index < -0.39 is 0 Å². The maximum absolute atomic E-state index is 11.8. The molecule has 0 aliphatic carbocycles. The predicted molar refractivity (Wildman–Crippen MR) is 72.0 cm³/mol. The maximum Gasteiger partial charge on any atom is 0.242 e. The number of ether oxygens (including phenoxy) is 1. The molecule has 1 aliphatic heterocycles. The van der Waals surface area contributed by atoms with Crippen LogP contribution in [0.15, 0.2) is 18.2 Å². The first-order chi connectivity index (χ1) is 8.70. The largest absolute Gasteiger partial charge is 0.496 e. The molecule has 2 N–H and O–H groups in total. The topological polar surface area (TPSA) is 50.4 Å². The normalized spacial score (nSPS) is 19.9. The van der Waals surface area contributed by atoms with E-state index in [4.69, 9.17) is 4.74 Å². The van der Waals surface area contributed by atoms with Crippen molar-refractivity contribution >= 4 is 11.6 Å². The molecule has 18 heavy (non-hydrogen) atoms. The van der Waals surface area contributed by atoms with Crippen molar-refractivity contribution in [2.45, 2.75) is 32.2 Å². The lowest BCUT2D eigenvalue weighted by Gasteiger charge is -2.17. The summed E-state index contributed by atoms with van der Waals surface area (Å²) in [5.41, 5.74) is 2.03. The Bertz CT molecular complexity index is 432. The third-order valence-electron chi connectivity index (χ3n) is 3.27. The van der Waals surface area contributed by atoms with Crippen LogP contribution in [0.3, 0.4) is 0 Å². The van der Waals surface area contributed by atoms with Crippen LogP contribution in [0.5, 0.6) is 5.75 Å². The van der Waals surface area contributed by atoms with Gasteiger partial charge in [0.25, 0.3) is 0 Å². The van der Waals surface area contributed by atoms with Crippen molar-refractivity contribution in [2.24, 2.45) is 0 Å². The van der Waals surface area contributed by atoms with Gasteiger partial charge in [-0.15, -0.1) is 0 Å². The highest BCUT2D eigenvalue weighted by Gasteiger charge is 2.20. The molecule has 1 aromatic rings. The number of rotatable bonds is 3. The van der Waals surface area contributed by atoms with Crippen LogP contribution in [0, 0.1) is 6.92 Å². The van der Waals surface area contributed by atoms with E-state index in [9.17, 15) is 4.79 Å². The molecule has 2 rings (SSSR count). The molecule has 0 spiro atoms. The van der Waals surface area contributed by atoms with Gasteiger partial charge in [0.15, 0.2) is 0 Å². The summed E-state index contributed by atoms with van der Waals surface area (Å²) in [5.74, 6) is 0.965. The van der Waals surface area contributed by atoms with Crippen LogP contribution in [0.1, 0.15) is 24.8 Å². The molecule has 1 amide bonds. The van der Waals surface area contributed by atoms with E-state index in [0.717, 1.165) is 42.8 Å². The molecule has 0 radical (unpaired) electrons. The second-order valence-electron chi connectivity index (χ2n) is 4.67. The van der Waals surface area contributed by atoms with Gasteiger partial charge >= 0.3 is 0 Å². The van der Waals surface area contributed by atoms with E-state index >= 15 is 0 Å². The van der Waals surface area contributed by atoms with E-state index in [-0.39, 0.29) is 11.9 Å². The third-order valence-corrected chi connectivity index (χ3v) is 3.27. The van der Waals surface area contributed by atoms with E-state index in [1.165, 1.54) is 0 Å². The zero-order valence-electron chi connectivity index (χ0n) is 11.0. The minimum Gasteiger partial charge on any atom is -0.496 e. The van der Waals surface area contributed by atoms with Gasteiger partial charge in [-0.1, -0.05) is 0 Å². The molecule has 0 bridgehead atoms. The predicted octanol–water partition coefficient (Wildman–Crippen LogP) is 2.08. The lowest BCUT2D eigenvalue weighted by molar-refractivity contribution is -0.121. The highest BCUT2D eigenvalue weighted by Crippen LogP contribution is 2.22. The van der Waals surface area contributed by atoms with Gasteiger partial charge in [-0.25, -0.2) is 0 Å². The van der Waals surface area contributed by atoms with Crippen LogP contribution < -0.4 is 15.4 Å². The first-order valence-corrected chi connectivity index (χ1v) is 6.39. The molecule has 1 saturated heterocycles. The summed E-state index contributed by atoms with van der Waals surface area (Å²) in [6, 6.07) is 5.76. The van der Waals surface area contributed by atoms with Crippen LogP contribution >= 0.6 is 0 Å². The fraction of sp³-hybridized carbons (Fsp3) is 0.500. The summed E-state index contributed by atoms with van der Waals surface area (Å²) < 4.78 is 5.22. The number of benzene rings is 1. The molecule has 1 aromatic carbocycles. The summed E-state index contributed by atoms with van der Waals surface area (Å²) >= 11 is 0. The Hall–Kier alpha value is -1.71. The zero-order valence-corrected chi connectivity index (χ0v) is 11.0. The van der Waals surface area contributed by atoms with E-state index in [2.05, 4.69) is 10.6 Å². The Morgan fingerprint density at radius 3 is 2.94 bits per heavy atom. The number of amides is 1. The van der Waals surface area contributed by atoms with Crippen molar-refractivity contribution in [3.63, 3.8) is 0 Å². The molecule has 0 saturated carbocycles. The SMILES string of the molecule is COc1ccc(NC2CCCCNC2=O)cc1C. The summed E-state index contributed by atoms with van der Waals surface area (Å²) in [6.07, 6.45) is 3.02. The molecule has 1 unspecified atom stereocenters. The molecule has 98 valence electrons. The number of nitrogens with one attached hydrogen (secondary N) is 2. The van der Waals surface area contributed by atoms with E-state index in [1.54, 1.807) is 7.11 Å². The monoisotopic (exact) mass is 248 g/mol. The highest BCUT2D eigenvalue weighted by atomic mass is 16.5. The molecule has 1 atom stereocenters. The quantitative estimate of drug-likeness (QED) is 0.861. The minimum absolute atomic E-state index is 0.0981. The Morgan fingerprint density at radius 2 is 2.22 bits per heavy atom. The fourth-order valence-electron chi connectivity index (χ4n) is 2.25. The Labute approximate surface area is 108 Å². The number of aryl methyl sites for hydroxylation is 1. The summed E-state index contributed by atoms with van der Waals surface area (Å²) in [7, 11) is 1.66. The lowest BCUT2D eigenvalue weighted by Crippen LogP contribution is -2.37. The van der Waals surface area contributed by atoms with Crippen LogP contribution in [0.2, 0.25) is 0 Å². The molecule has 0 aromatic heterocycles. The molecule has 1 heterocycles. The molecule has 4 heteroatoms. The van der Waals surface area contributed by atoms with Crippen molar-refractivity contribution in [1.29, 1.82) is 0 Å². The van der Waals surface area contributed by atoms with E-state index in [0.29, 0.717) is 0 Å². The average Bonchev–Trinajstić information content (AvgIpc) is 2.55. The van der Waals surface area contributed by atoms with E-state index in [1.807, 2.05) is 25.1 Å². The van der Waals surface area contributed by atoms with Gasteiger partial charge in [-0.05, 0) is 49.9 Å². The number of hydrogen-bond acceptors (Lipinski definition) is 3. The fourth-order valence-corrected chi connectivity index (χ4v) is 2.25. The summed E-state index contributed by atoms with van der Waals surface area (Å²) in [5, 5.41) is 6.22. The average molecular weight is 248 g/mol. The number of methoxy groups -OCH3 is 1. The van der Waals surface area contributed by atoms with Gasteiger partial charge in [-0.2, -0.15) is 0 Å². The van der Waals surface area contributed by atoms with Crippen molar-refractivity contribution in [3.8, 4) is 5.75 Å². The maximum atomic E-state index is 11.8. The standard InChI is InChI=1S/C14H20N2O2/c1-10-9-11(6-7-13(10)18-2)16-12-5-3-4-8-15-14(12)17/h6-7,9,12,16H,3-5,8H2,1-2H3,(H,15,17). The Balaban J connectivity index is 2.08. The Morgan fingerprint density at radius 1 is 1.39 bits per heavy atom. The summed E-state index contributed by atoms with van der Waals surface area (Å²) in [4.78, 5) is 11.8. The molecule has 1 fully saturated rings. The third kappa shape index (κ3) is 2.94. The molecule has 4 nitrogen and oxygen atoms in total. The highest BCUT2D eigenvalue weighted by molar-refractivity contribution is 5.84. The van der Waals surface area contributed by atoms with Gasteiger partial charge in [0.05, 0.1) is 7.11 Å². The Kier molecular flexibility index (Phi) is 4.07. The van der Waals surface area contributed by atoms with Crippen LogP contribution in [0.4, 0.5) is 5.69 Å². The summed E-state index contributed by atoms with van der Waals surface area (Å²) in [6.45, 7) is 2.79. The van der Waals surface area contributed by atoms with Crippen molar-refractivity contribution in [1.82, 2.24) is 5.32 Å². The molecule has 1 aliphatic rings. The smallest absolute Gasteiger partial charge is 0.242 e. The number of carbonyl (C=O) groups excluding carboxylic acids is 1. The van der Waals surface area contributed by atoms with Gasteiger partial charge in [0, 0.05) is 12.2 Å². The van der Waals surface area contributed by atoms with Crippen molar-refractivity contribution < 1.29 is 9.53 Å². The first-order valence-electron chi connectivity index (χ1n) is 6.39. The zero-order chi connectivity index (χ0) is 13.0. The number of carbonyl (C=O) groups is 1. The van der Waals surface area contributed by atoms with Gasteiger partial charge < -0.3 is 15.4 Å². The van der Waals surface area contributed by atoms with Gasteiger partial charge in [0.1, 0.15) is 11.8 Å². The second kappa shape index (κ2) is 5.76. The van der Waals surface area contributed by atoms with Crippen LogP contribution in [-0.4, -0.2) is 25.6 Å². The van der Waals surface area contributed by atoms with Crippen LogP contribution in [-0.2, 0) is 4.79 Å². The lowest BCUT2D eigenvalue weighted by atomic mass is 10.1. The molecular formula is C14H20N2O2. The van der Waals surface area contributed by atoms with Gasteiger partial charge in [0.2, 0.25) is 5.91 Å². The van der Waals surface area contributed by atoms with Gasteiger partial charge in [-0.3, -0.25) is 4.79 Å².